The van der Waals surface area contributed by atoms with E-state index < -0.39 is 0 Å². The van der Waals surface area contributed by atoms with Crippen LogP contribution in [0.1, 0.15) is 31.7 Å². The van der Waals surface area contributed by atoms with E-state index in [1.165, 1.54) is 6.42 Å². The molecule has 5 nitrogen and oxygen atoms in total. The lowest BCUT2D eigenvalue weighted by Gasteiger charge is -2.30. The Morgan fingerprint density at radius 1 is 1.42 bits per heavy atom. The predicted octanol–water partition coefficient (Wildman–Crippen LogP) is 1.03. The van der Waals surface area contributed by atoms with Gasteiger partial charge in [-0.1, -0.05) is 0 Å². The zero-order chi connectivity index (χ0) is 13.7. The maximum absolute atomic E-state index is 12.4. The third kappa shape index (κ3) is 3.56. The van der Waals surface area contributed by atoms with Gasteiger partial charge in [0.2, 0.25) is 5.91 Å². The Balaban J connectivity index is 1.96. The van der Waals surface area contributed by atoms with Crippen molar-refractivity contribution >= 4 is 5.91 Å². The molecule has 2 N–H and O–H groups in total. The Bertz CT molecular complexity index is 409. The molecule has 0 saturated carbocycles. The summed E-state index contributed by atoms with van der Waals surface area (Å²) in [7, 11) is 0. The maximum atomic E-state index is 12.4. The topological polar surface area (TPSA) is 64.2 Å². The molecule has 0 aliphatic carbocycles. The van der Waals surface area contributed by atoms with Crippen LogP contribution < -0.4 is 5.73 Å². The van der Waals surface area contributed by atoms with Gasteiger partial charge >= 0.3 is 0 Å². The summed E-state index contributed by atoms with van der Waals surface area (Å²) < 4.78 is 1.88. The summed E-state index contributed by atoms with van der Waals surface area (Å²) in [5, 5.41) is 4.24. The Morgan fingerprint density at radius 2 is 2.16 bits per heavy atom. The number of carbonyl (C=O) groups is 1. The molecular formula is C14H24N4O. The molecule has 2 rings (SSSR count). The Morgan fingerprint density at radius 3 is 2.74 bits per heavy atom. The van der Waals surface area contributed by atoms with Crippen LogP contribution in [-0.2, 0) is 17.8 Å². The number of aromatic nitrogens is 2. The van der Waals surface area contributed by atoms with E-state index in [4.69, 9.17) is 5.73 Å². The van der Waals surface area contributed by atoms with E-state index in [9.17, 15) is 4.79 Å². The highest BCUT2D eigenvalue weighted by Crippen LogP contribution is 2.15. The highest BCUT2D eigenvalue weighted by atomic mass is 16.2. The third-order valence-corrected chi connectivity index (χ3v) is 3.79. The fourth-order valence-electron chi connectivity index (χ4n) is 2.61. The van der Waals surface area contributed by atoms with Crippen LogP contribution in [0.4, 0.5) is 0 Å². The second kappa shape index (κ2) is 6.70. The average Bonchev–Trinajstić information content (AvgIpc) is 2.92. The number of likely N-dealkylation sites (tertiary alicyclic amines) is 1. The van der Waals surface area contributed by atoms with Gasteiger partial charge in [0.25, 0.3) is 0 Å². The van der Waals surface area contributed by atoms with Crippen molar-refractivity contribution in [1.82, 2.24) is 14.7 Å². The molecule has 0 radical (unpaired) electrons. The fraction of sp³-hybridized carbons (Fsp3) is 0.714. The zero-order valence-electron chi connectivity index (χ0n) is 11.7. The highest BCUT2D eigenvalue weighted by molar-refractivity contribution is 5.79. The summed E-state index contributed by atoms with van der Waals surface area (Å²) in [4.78, 5) is 14.4. The van der Waals surface area contributed by atoms with Gasteiger partial charge in [-0.05, 0) is 38.2 Å². The first-order valence-electron chi connectivity index (χ1n) is 7.24. The van der Waals surface area contributed by atoms with E-state index in [2.05, 4.69) is 12.0 Å². The van der Waals surface area contributed by atoms with E-state index in [1.54, 1.807) is 0 Å². The number of piperidine rings is 1. The Hall–Kier alpha value is -1.36. The van der Waals surface area contributed by atoms with E-state index in [1.807, 2.05) is 22.0 Å². The van der Waals surface area contributed by atoms with Gasteiger partial charge in [0.15, 0.2) is 0 Å². The van der Waals surface area contributed by atoms with Crippen molar-refractivity contribution < 1.29 is 4.79 Å². The lowest BCUT2D eigenvalue weighted by molar-refractivity contribution is -0.136. The summed E-state index contributed by atoms with van der Waals surface area (Å²) in [6.07, 6.45) is 8.03. The number of carbonyl (C=O) groups excluding carboxylic acids is 1. The molecule has 0 spiro atoms. The molecule has 0 bridgehead atoms. The molecule has 1 atom stereocenters. The summed E-state index contributed by atoms with van der Waals surface area (Å²) in [6.45, 7) is 5.10. The molecule has 1 amide bonds. The van der Waals surface area contributed by atoms with E-state index >= 15 is 0 Å². The van der Waals surface area contributed by atoms with Gasteiger partial charge in [-0.25, -0.2) is 0 Å². The molecule has 1 aromatic heterocycles. The van der Waals surface area contributed by atoms with Crippen LogP contribution in [0, 0.1) is 5.92 Å². The lowest BCUT2D eigenvalue weighted by atomic mass is 9.99. The minimum atomic E-state index is -0.104. The van der Waals surface area contributed by atoms with Crippen molar-refractivity contribution in [1.29, 1.82) is 0 Å². The molecule has 1 aromatic rings. The normalized spacial score (nSPS) is 17.5. The van der Waals surface area contributed by atoms with Crippen molar-refractivity contribution in [3.63, 3.8) is 0 Å². The molecule has 1 unspecified atom stereocenters. The summed E-state index contributed by atoms with van der Waals surface area (Å²) in [5.74, 6) is 0.110. The van der Waals surface area contributed by atoms with Crippen molar-refractivity contribution in [2.75, 3.05) is 19.6 Å². The first kappa shape index (κ1) is 14.1. The van der Waals surface area contributed by atoms with Crippen molar-refractivity contribution in [3.8, 4) is 0 Å². The first-order valence-corrected chi connectivity index (χ1v) is 7.24. The molecule has 0 aromatic carbocycles. The quantitative estimate of drug-likeness (QED) is 0.864. The summed E-state index contributed by atoms with van der Waals surface area (Å²) in [5.41, 5.74) is 6.89. The van der Waals surface area contributed by atoms with Crippen LogP contribution >= 0.6 is 0 Å². The van der Waals surface area contributed by atoms with E-state index in [0.29, 0.717) is 13.0 Å². The number of aryl methyl sites for hydroxylation is 1. The molecule has 19 heavy (non-hydrogen) atoms. The van der Waals surface area contributed by atoms with Gasteiger partial charge in [0.1, 0.15) is 0 Å². The van der Waals surface area contributed by atoms with Crippen LogP contribution in [0.25, 0.3) is 0 Å². The summed E-state index contributed by atoms with van der Waals surface area (Å²) in [6, 6.07) is 0. The van der Waals surface area contributed by atoms with Gasteiger partial charge in [0, 0.05) is 32.4 Å². The van der Waals surface area contributed by atoms with Crippen molar-refractivity contribution in [2.24, 2.45) is 11.7 Å². The Kier molecular flexibility index (Phi) is 4.96. The molecule has 1 fully saturated rings. The predicted molar refractivity (Wildman–Crippen MR) is 74.6 cm³/mol. The molecule has 106 valence electrons. The zero-order valence-corrected chi connectivity index (χ0v) is 11.7. The van der Waals surface area contributed by atoms with Gasteiger partial charge < -0.3 is 10.6 Å². The molecule has 5 heteroatoms. The number of hydrogen-bond donors (Lipinski definition) is 1. The van der Waals surface area contributed by atoms with E-state index in [-0.39, 0.29) is 11.8 Å². The third-order valence-electron chi connectivity index (χ3n) is 3.79. The number of nitrogens with zero attached hydrogens (tertiary/aromatic N) is 3. The second-order valence-electron chi connectivity index (χ2n) is 5.23. The van der Waals surface area contributed by atoms with Crippen LogP contribution in [0.3, 0.4) is 0 Å². The van der Waals surface area contributed by atoms with Gasteiger partial charge in [-0.2, -0.15) is 5.10 Å². The lowest BCUT2D eigenvalue weighted by Crippen LogP contribution is -2.42. The van der Waals surface area contributed by atoms with Gasteiger partial charge in [-0.15, -0.1) is 0 Å². The minimum Gasteiger partial charge on any atom is -0.342 e. The molecule has 1 saturated heterocycles. The number of amides is 1. The van der Waals surface area contributed by atoms with Crippen LogP contribution in [-0.4, -0.2) is 40.2 Å². The van der Waals surface area contributed by atoms with Crippen molar-refractivity contribution in [3.05, 3.63) is 18.0 Å². The number of rotatable bonds is 5. The van der Waals surface area contributed by atoms with Gasteiger partial charge in [0.05, 0.1) is 12.1 Å². The molecular weight excluding hydrogens is 240 g/mol. The monoisotopic (exact) mass is 264 g/mol. The standard InChI is InChI=1S/C14H24N4O/c1-2-18-11-12(10-16-18)8-13(9-15)14(19)17-6-4-3-5-7-17/h10-11,13H,2-9,15H2,1H3. The highest BCUT2D eigenvalue weighted by Gasteiger charge is 2.24. The molecule has 1 aliphatic rings. The maximum Gasteiger partial charge on any atom is 0.227 e. The van der Waals surface area contributed by atoms with Crippen molar-refractivity contribution in [2.45, 2.75) is 39.2 Å². The first-order chi connectivity index (χ1) is 9.24. The Labute approximate surface area is 114 Å². The van der Waals surface area contributed by atoms with E-state index in [0.717, 1.165) is 38.0 Å². The smallest absolute Gasteiger partial charge is 0.227 e. The van der Waals surface area contributed by atoms with Crippen LogP contribution in [0.2, 0.25) is 0 Å². The summed E-state index contributed by atoms with van der Waals surface area (Å²) >= 11 is 0. The molecule has 2 heterocycles. The van der Waals surface area contributed by atoms with Crippen LogP contribution in [0.15, 0.2) is 12.4 Å². The molecule has 1 aliphatic heterocycles. The number of nitrogens with two attached hydrogens (primary N) is 1. The number of hydrogen-bond acceptors (Lipinski definition) is 3. The van der Waals surface area contributed by atoms with Gasteiger partial charge in [-0.3, -0.25) is 9.48 Å². The largest absolute Gasteiger partial charge is 0.342 e. The SMILES string of the molecule is CCn1cc(CC(CN)C(=O)N2CCCCC2)cn1. The second-order valence-corrected chi connectivity index (χ2v) is 5.23. The minimum absolute atomic E-state index is 0.104. The fourth-order valence-corrected chi connectivity index (χ4v) is 2.61. The van der Waals surface area contributed by atoms with Crippen LogP contribution in [0.5, 0.6) is 0 Å². The average molecular weight is 264 g/mol.